The molecule has 0 aliphatic heterocycles. The number of nitro benzene ring substituents is 1. The molecule has 1 amide bonds. The molecule has 0 fully saturated rings. The van der Waals surface area contributed by atoms with Gasteiger partial charge < -0.3 is 19.5 Å². The van der Waals surface area contributed by atoms with Crippen LogP contribution in [-0.2, 0) is 0 Å². The second-order valence-corrected chi connectivity index (χ2v) is 5.01. The lowest BCUT2D eigenvalue weighted by molar-refractivity contribution is -0.387. The molecule has 0 aliphatic rings. The number of nitrogens with zero attached hydrogens (tertiary/aromatic N) is 1. The fourth-order valence-corrected chi connectivity index (χ4v) is 2.24. The molecule has 8 nitrogen and oxygen atoms in total. The van der Waals surface area contributed by atoms with Crippen molar-refractivity contribution in [2.75, 3.05) is 26.6 Å². The fraction of sp³-hybridized carbons (Fsp3) is 0.188. The first-order valence-electron chi connectivity index (χ1n) is 7.18. The Morgan fingerprint density at radius 3 is 1.96 bits per heavy atom. The summed E-state index contributed by atoms with van der Waals surface area (Å²) < 4.78 is 56.2. The standard InChI is InChI=1S/C16H13F3N2O6/c1-25-10-4-7(5-11(26-2)15(10)27-3)20-16(22)8-6-9(21(23)24)13(18)14(19)12(8)17/h4-6H,1-3H3,(H,20,22). The molecule has 0 aliphatic carbocycles. The van der Waals surface area contributed by atoms with Gasteiger partial charge in [-0.25, -0.2) is 8.78 Å². The van der Waals surface area contributed by atoms with E-state index in [1.54, 1.807) is 0 Å². The van der Waals surface area contributed by atoms with Gasteiger partial charge >= 0.3 is 5.69 Å². The van der Waals surface area contributed by atoms with Gasteiger partial charge in [0.15, 0.2) is 17.3 Å². The summed E-state index contributed by atoms with van der Waals surface area (Å²) in [7, 11) is 4.00. The third-order valence-electron chi connectivity index (χ3n) is 3.49. The summed E-state index contributed by atoms with van der Waals surface area (Å²) in [5.74, 6) is -6.70. The molecule has 0 aromatic heterocycles. The number of rotatable bonds is 6. The zero-order chi connectivity index (χ0) is 20.3. The Bertz CT molecular complexity index is 895. The van der Waals surface area contributed by atoms with Crippen LogP contribution in [0.15, 0.2) is 18.2 Å². The van der Waals surface area contributed by atoms with Gasteiger partial charge in [-0.3, -0.25) is 14.9 Å². The smallest absolute Gasteiger partial charge is 0.308 e. The summed E-state index contributed by atoms with van der Waals surface area (Å²) in [5, 5.41) is 13.0. The third kappa shape index (κ3) is 3.71. The number of halogens is 3. The molecule has 0 heterocycles. The van der Waals surface area contributed by atoms with Gasteiger partial charge in [-0.2, -0.15) is 4.39 Å². The molecule has 0 spiro atoms. The van der Waals surface area contributed by atoms with Gasteiger partial charge in [0.05, 0.1) is 31.8 Å². The number of amides is 1. The summed E-state index contributed by atoms with van der Waals surface area (Å²) in [5.41, 5.74) is -2.39. The van der Waals surface area contributed by atoms with Crippen LogP contribution in [0.5, 0.6) is 17.2 Å². The first-order valence-corrected chi connectivity index (χ1v) is 7.18. The van der Waals surface area contributed by atoms with Crippen molar-refractivity contribution in [3.8, 4) is 17.2 Å². The monoisotopic (exact) mass is 386 g/mol. The number of anilines is 1. The Morgan fingerprint density at radius 2 is 1.52 bits per heavy atom. The number of hydrogen-bond donors (Lipinski definition) is 1. The van der Waals surface area contributed by atoms with E-state index in [9.17, 15) is 28.1 Å². The minimum Gasteiger partial charge on any atom is -0.493 e. The summed E-state index contributed by atoms with van der Waals surface area (Å²) in [6, 6.07) is 2.90. The number of ether oxygens (including phenoxy) is 3. The lowest BCUT2D eigenvalue weighted by Gasteiger charge is -2.14. The first-order chi connectivity index (χ1) is 12.7. The van der Waals surface area contributed by atoms with Crippen LogP contribution in [0.1, 0.15) is 10.4 Å². The van der Waals surface area contributed by atoms with Gasteiger partial charge in [0.25, 0.3) is 5.91 Å². The van der Waals surface area contributed by atoms with Crippen molar-refractivity contribution < 1.29 is 37.1 Å². The molecule has 2 aromatic carbocycles. The number of methoxy groups -OCH3 is 3. The minimum absolute atomic E-state index is 0.0290. The van der Waals surface area contributed by atoms with Crippen molar-refractivity contribution >= 4 is 17.3 Å². The van der Waals surface area contributed by atoms with Crippen LogP contribution in [0.4, 0.5) is 24.5 Å². The molecule has 27 heavy (non-hydrogen) atoms. The molecule has 2 rings (SSSR count). The quantitative estimate of drug-likeness (QED) is 0.465. The van der Waals surface area contributed by atoms with Gasteiger partial charge in [0.2, 0.25) is 17.4 Å². The molecule has 2 aromatic rings. The van der Waals surface area contributed by atoms with Crippen molar-refractivity contribution in [2.45, 2.75) is 0 Å². The van der Waals surface area contributed by atoms with E-state index in [-0.39, 0.29) is 22.9 Å². The molecule has 144 valence electrons. The van der Waals surface area contributed by atoms with E-state index in [2.05, 4.69) is 5.32 Å². The average Bonchev–Trinajstić information content (AvgIpc) is 2.64. The van der Waals surface area contributed by atoms with Crippen LogP contribution in [-0.4, -0.2) is 32.2 Å². The average molecular weight is 386 g/mol. The van der Waals surface area contributed by atoms with E-state index < -0.39 is 39.5 Å². The lowest BCUT2D eigenvalue weighted by atomic mass is 10.1. The zero-order valence-electron chi connectivity index (χ0n) is 14.3. The van der Waals surface area contributed by atoms with E-state index in [0.29, 0.717) is 6.07 Å². The number of nitro groups is 1. The predicted octanol–water partition coefficient (Wildman–Crippen LogP) is 3.29. The molecule has 0 atom stereocenters. The molecule has 11 heteroatoms. The third-order valence-corrected chi connectivity index (χ3v) is 3.49. The predicted molar refractivity (Wildman–Crippen MR) is 87.0 cm³/mol. The van der Waals surface area contributed by atoms with E-state index in [0.717, 1.165) is 0 Å². The van der Waals surface area contributed by atoms with E-state index in [1.165, 1.54) is 33.5 Å². The minimum atomic E-state index is -2.13. The molecular formula is C16H13F3N2O6. The molecule has 1 N–H and O–H groups in total. The summed E-state index contributed by atoms with van der Waals surface area (Å²) in [6.07, 6.45) is 0. The number of nitrogens with one attached hydrogen (secondary N) is 1. The van der Waals surface area contributed by atoms with Crippen molar-refractivity contribution in [1.82, 2.24) is 0 Å². The molecule has 0 bridgehead atoms. The summed E-state index contributed by atoms with van der Waals surface area (Å²) >= 11 is 0. The van der Waals surface area contributed by atoms with Gasteiger partial charge in [0, 0.05) is 23.9 Å². The molecule has 0 saturated heterocycles. The number of carbonyl (C=O) groups is 1. The maximum absolute atomic E-state index is 13.9. The molecule has 0 unspecified atom stereocenters. The SMILES string of the molecule is COc1cc(NC(=O)c2cc([N+](=O)[O-])c(F)c(F)c2F)cc(OC)c1OC. The van der Waals surface area contributed by atoms with Crippen molar-refractivity contribution in [3.63, 3.8) is 0 Å². The van der Waals surface area contributed by atoms with Crippen LogP contribution in [0.3, 0.4) is 0 Å². The Hall–Kier alpha value is -3.50. The van der Waals surface area contributed by atoms with E-state index in [4.69, 9.17) is 14.2 Å². The Balaban J connectivity index is 2.48. The van der Waals surface area contributed by atoms with Gasteiger partial charge in [-0.1, -0.05) is 0 Å². The highest BCUT2D eigenvalue weighted by Crippen LogP contribution is 2.40. The second kappa shape index (κ2) is 7.81. The van der Waals surface area contributed by atoms with Crippen LogP contribution in [0, 0.1) is 27.6 Å². The van der Waals surface area contributed by atoms with Gasteiger partial charge in [0.1, 0.15) is 0 Å². The Morgan fingerprint density at radius 1 is 0.963 bits per heavy atom. The number of hydrogen-bond acceptors (Lipinski definition) is 6. The van der Waals surface area contributed by atoms with E-state index in [1.807, 2.05) is 0 Å². The largest absolute Gasteiger partial charge is 0.493 e. The number of carbonyl (C=O) groups excluding carboxylic acids is 1. The maximum atomic E-state index is 13.9. The topological polar surface area (TPSA) is 99.9 Å². The zero-order valence-corrected chi connectivity index (χ0v) is 14.3. The normalized spacial score (nSPS) is 10.3. The second-order valence-electron chi connectivity index (χ2n) is 5.01. The van der Waals surface area contributed by atoms with Crippen molar-refractivity contribution in [3.05, 3.63) is 51.3 Å². The number of benzene rings is 2. The maximum Gasteiger partial charge on any atom is 0.308 e. The van der Waals surface area contributed by atoms with Crippen LogP contribution in [0.25, 0.3) is 0 Å². The molecule has 0 radical (unpaired) electrons. The van der Waals surface area contributed by atoms with Crippen molar-refractivity contribution in [1.29, 1.82) is 0 Å². The van der Waals surface area contributed by atoms with Gasteiger partial charge in [-0.15, -0.1) is 0 Å². The summed E-state index contributed by atoms with van der Waals surface area (Å²) in [6.45, 7) is 0. The van der Waals surface area contributed by atoms with Crippen molar-refractivity contribution in [2.24, 2.45) is 0 Å². The Kier molecular flexibility index (Phi) is 5.73. The fourth-order valence-electron chi connectivity index (χ4n) is 2.24. The Labute approximate surface area is 150 Å². The highest BCUT2D eigenvalue weighted by molar-refractivity contribution is 6.05. The van der Waals surface area contributed by atoms with Crippen LogP contribution >= 0.6 is 0 Å². The lowest BCUT2D eigenvalue weighted by Crippen LogP contribution is -2.16. The molecular weight excluding hydrogens is 373 g/mol. The van der Waals surface area contributed by atoms with Gasteiger partial charge in [-0.05, 0) is 0 Å². The van der Waals surface area contributed by atoms with Crippen LogP contribution < -0.4 is 19.5 Å². The summed E-state index contributed by atoms with van der Waals surface area (Å²) in [4.78, 5) is 21.7. The first kappa shape index (κ1) is 19.8. The molecule has 0 saturated carbocycles. The van der Waals surface area contributed by atoms with E-state index >= 15 is 0 Å². The van der Waals surface area contributed by atoms with Crippen LogP contribution in [0.2, 0.25) is 0 Å². The highest BCUT2D eigenvalue weighted by Gasteiger charge is 2.29. The highest BCUT2D eigenvalue weighted by atomic mass is 19.2.